The lowest BCUT2D eigenvalue weighted by Crippen LogP contribution is -2.23. The third kappa shape index (κ3) is 7.05. The second-order valence-electron chi connectivity index (χ2n) is 2.96. The Hall–Kier alpha value is -1.30. The van der Waals surface area contributed by atoms with E-state index in [1.807, 2.05) is 6.92 Å². The quantitative estimate of drug-likeness (QED) is 0.513. The normalized spacial score (nSPS) is 14.4. The standard InChI is InChI=1S/C10H16F2N2O2/c1-3-4-14-6-8(5-13-2)16-7-9(15)10(11)12/h5-6,9-10,15H,2-4,7H2,1H3/b8-5+,14-6?. The molecule has 0 aliphatic heterocycles. The molecule has 0 radical (unpaired) electrons. The van der Waals surface area contributed by atoms with Crippen LogP contribution >= 0.6 is 0 Å². The Kier molecular flexibility index (Phi) is 8.24. The minimum absolute atomic E-state index is 0.197. The maximum Gasteiger partial charge on any atom is 0.267 e. The number of hydrogen-bond acceptors (Lipinski definition) is 4. The highest BCUT2D eigenvalue weighted by Crippen LogP contribution is 2.04. The molecule has 0 aliphatic rings. The maximum absolute atomic E-state index is 12.0. The minimum Gasteiger partial charge on any atom is -0.487 e. The van der Waals surface area contributed by atoms with E-state index in [0.717, 1.165) is 6.42 Å². The number of rotatable bonds is 8. The van der Waals surface area contributed by atoms with E-state index in [4.69, 9.17) is 9.84 Å². The maximum atomic E-state index is 12.0. The molecule has 0 fully saturated rings. The summed E-state index contributed by atoms with van der Waals surface area (Å²) in [6, 6.07) is 0. The van der Waals surface area contributed by atoms with Gasteiger partial charge in [-0.1, -0.05) is 6.92 Å². The summed E-state index contributed by atoms with van der Waals surface area (Å²) in [6.45, 7) is 5.27. The SMILES string of the molecule is C=N/C=C(\C=NCCC)OCC(O)C(F)F. The van der Waals surface area contributed by atoms with Gasteiger partial charge in [0, 0.05) is 6.54 Å². The highest BCUT2D eigenvalue weighted by Gasteiger charge is 2.17. The minimum atomic E-state index is -2.83. The molecule has 0 spiro atoms. The lowest BCUT2D eigenvalue weighted by Gasteiger charge is -2.10. The zero-order valence-corrected chi connectivity index (χ0v) is 9.14. The highest BCUT2D eigenvalue weighted by atomic mass is 19.3. The van der Waals surface area contributed by atoms with E-state index in [1.54, 1.807) is 0 Å². The molecule has 4 nitrogen and oxygen atoms in total. The number of halogens is 2. The van der Waals surface area contributed by atoms with Crippen LogP contribution in [0.5, 0.6) is 0 Å². The van der Waals surface area contributed by atoms with Gasteiger partial charge in [-0.15, -0.1) is 0 Å². The van der Waals surface area contributed by atoms with Gasteiger partial charge in [0.05, 0.1) is 12.4 Å². The van der Waals surface area contributed by atoms with Crippen LogP contribution in [0.4, 0.5) is 8.78 Å². The molecular formula is C10H16F2N2O2. The van der Waals surface area contributed by atoms with Crippen LogP contribution in [0.3, 0.4) is 0 Å². The van der Waals surface area contributed by atoms with Crippen LogP contribution in [0.15, 0.2) is 21.9 Å². The largest absolute Gasteiger partial charge is 0.487 e. The van der Waals surface area contributed by atoms with E-state index in [2.05, 4.69) is 16.7 Å². The van der Waals surface area contributed by atoms with Crippen LogP contribution in [-0.4, -0.2) is 43.7 Å². The predicted molar refractivity (Wildman–Crippen MR) is 59.2 cm³/mol. The molecule has 16 heavy (non-hydrogen) atoms. The number of ether oxygens (including phenoxy) is 1. The van der Waals surface area contributed by atoms with Crippen LogP contribution in [0, 0.1) is 0 Å². The van der Waals surface area contributed by atoms with Gasteiger partial charge >= 0.3 is 0 Å². The fourth-order valence-electron chi connectivity index (χ4n) is 0.736. The van der Waals surface area contributed by atoms with Crippen LogP contribution in [0.2, 0.25) is 0 Å². The fraction of sp³-hybridized carbons (Fsp3) is 0.600. The molecule has 0 aromatic carbocycles. The Morgan fingerprint density at radius 2 is 2.25 bits per heavy atom. The molecule has 0 aromatic rings. The summed E-state index contributed by atoms with van der Waals surface area (Å²) in [6.07, 6.45) is -1.16. The van der Waals surface area contributed by atoms with Crippen molar-refractivity contribution in [1.82, 2.24) is 0 Å². The number of aliphatic hydroxyl groups is 1. The Labute approximate surface area is 93.4 Å². The van der Waals surface area contributed by atoms with Crippen molar-refractivity contribution in [3.63, 3.8) is 0 Å². The molecular weight excluding hydrogens is 218 g/mol. The average molecular weight is 234 g/mol. The van der Waals surface area contributed by atoms with E-state index in [0.29, 0.717) is 6.54 Å². The molecule has 1 N–H and O–H groups in total. The zero-order valence-electron chi connectivity index (χ0n) is 9.14. The van der Waals surface area contributed by atoms with Gasteiger partial charge in [0.25, 0.3) is 6.43 Å². The third-order valence-electron chi connectivity index (χ3n) is 1.50. The second-order valence-corrected chi connectivity index (χ2v) is 2.96. The molecule has 1 atom stereocenters. The van der Waals surface area contributed by atoms with Gasteiger partial charge in [0.1, 0.15) is 12.7 Å². The summed E-state index contributed by atoms with van der Waals surface area (Å²) in [5.41, 5.74) is 0. The predicted octanol–water partition coefficient (Wildman–Crippen LogP) is 1.65. The Bertz CT molecular complexity index is 255. The number of allylic oxidation sites excluding steroid dienone is 1. The number of aliphatic hydroxyl groups excluding tert-OH is 1. The van der Waals surface area contributed by atoms with Gasteiger partial charge < -0.3 is 9.84 Å². The number of nitrogens with zero attached hydrogens (tertiary/aromatic N) is 2. The van der Waals surface area contributed by atoms with Crippen molar-refractivity contribution in [2.24, 2.45) is 9.98 Å². The smallest absolute Gasteiger partial charge is 0.267 e. The third-order valence-corrected chi connectivity index (χ3v) is 1.50. The fourth-order valence-corrected chi connectivity index (χ4v) is 0.736. The van der Waals surface area contributed by atoms with Crippen molar-refractivity contribution in [3.8, 4) is 0 Å². The van der Waals surface area contributed by atoms with E-state index in [9.17, 15) is 8.78 Å². The average Bonchev–Trinajstić information content (AvgIpc) is 2.25. The van der Waals surface area contributed by atoms with Crippen LogP contribution < -0.4 is 0 Å². The number of alkyl halides is 2. The van der Waals surface area contributed by atoms with Gasteiger partial charge in [-0.05, 0) is 13.1 Å². The van der Waals surface area contributed by atoms with E-state index >= 15 is 0 Å². The van der Waals surface area contributed by atoms with Crippen molar-refractivity contribution in [1.29, 1.82) is 0 Å². The van der Waals surface area contributed by atoms with E-state index < -0.39 is 19.1 Å². The van der Waals surface area contributed by atoms with Crippen molar-refractivity contribution in [3.05, 3.63) is 12.0 Å². The van der Waals surface area contributed by atoms with Crippen molar-refractivity contribution in [2.75, 3.05) is 13.2 Å². The molecule has 6 heteroatoms. The highest BCUT2D eigenvalue weighted by molar-refractivity contribution is 5.75. The van der Waals surface area contributed by atoms with Crippen LogP contribution in [-0.2, 0) is 4.74 Å². The second kappa shape index (κ2) is 8.96. The van der Waals surface area contributed by atoms with Gasteiger partial charge in [-0.3, -0.25) is 9.98 Å². The Morgan fingerprint density at radius 1 is 1.56 bits per heavy atom. The molecule has 0 saturated carbocycles. The topological polar surface area (TPSA) is 54.2 Å². The molecule has 0 bridgehead atoms. The molecule has 0 rings (SSSR count). The first-order valence-electron chi connectivity index (χ1n) is 4.86. The summed E-state index contributed by atoms with van der Waals surface area (Å²) in [5, 5.41) is 8.82. The summed E-state index contributed by atoms with van der Waals surface area (Å²) in [5.74, 6) is 0.197. The molecule has 1 unspecified atom stereocenters. The number of hydrogen-bond donors (Lipinski definition) is 1. The molecule has 0 aliphatic carbocycles. The monoisotopic (exact) mass is 234 g/mol. The van der Waals surface area contributed by atoms with Gasteiger partial charge in [0.2, 0.25) is 0 Å². The summed E-state index contributed by atoms with van der Waals surface area (Å²) in [7, 11) is 0. The van der Waals surface area contributed by atoms with Crippen LogP contribution in [0.1, 0.15) is 13.3 Å². The molecule has 0 amide bonds. The van der Waals surface area contributed by atoms with Gasteiger partial charge in [-0.25, -0.2) is 8.78 Å². The lowest BCUT2D eigenvalue weighted by atomic mass is 10.4. The summed E-state index contributed by atoms with van der Waals surface area (Å²) in [4.78, 5) is 7.40. The van der Waals surface area contributed by atoms with E-state index in [-0.39, 0.29) is 5.76 Å². The zero-order chi connectivity index (χ0) is 12.4. The molecule has 0 heterocycles. The lowest BCUT2D eigenvalue weighted by molar-refractivity contribution is -0.0391. The first-order chi connectivity index (χ1) is 7.61. The first kappa shape index (κ1) is 14.7. The van der Waals surface area contributed by atoms with Gasteiger partial charge in [-0.2, -0.15) is 0 Å². The summed E-state index contributed by atoms with van der Waals surface area (Å²) >= 11 is 0. The number of aliphatic imine (C=N–C) groups is 2. The van der Waals surface area contributed by atoms with Crippen molar-refractivity contribution < 1.29 is 18.6 Å². The van der Waals surface area contributed by atoms with Crippen molar-refractivity contribution >= 4 is 12.9 Å². The Balaban J connectivity index is 4.14. The van der Waals surface area contributed by atoms with E-state index in [1.165, 1.54) is 12.4 Å². The summed E-state index contributed by atoms with van der Waals surface area (Å²) < 4.78 is 28.8. The molecule has 0 aromatic heterocycles. The van der Waals surface area contributed by atoms with Crippen molar-refractivity contribution in [2.45, 2.75) is 25.9 Å². The Morgan fingerprint density at radius 3 is 2.75 bits per heavy atom. The first-order valence-corrected chi connectivity index (χ1v) is 4.86. The molecule has 0 saturated heterocycles. The van der Waals surface area contributed by atoms with Gasteiger partial charge in [0.15, 0.2) is 5.76 Å². The van der Waals surface area contributed by atoms with Crippen LogP contribution in [0.25, 0.3) is 0 Å². The molecule has 92 valence electrons.